The highest BCUT2D eigenvalue weighted by atomic mass is 16.3. The maximum atomic E-state index is 11.6. The molecule has 3 N–H and O–H groups in total. The molecule has 104 valence electrons. The maximum absolute atomic E-state index is 11.6. The van der Waals surface area contributed by atoms with E-state index >= 15 is 0 Å². The lowest BCUT2D eigenvalue weighted by molar-refractivity contribution is 0.447. The van der Waals surface area contributed by atoms with Crippen molar-refractivity contribution < 1.29 is 5.11 Å². The smallest absolute Gasteiger partial charge is 0.328 e. The van der Waals surface area contributed by atoms with Crippen LogP contribution in [0.2, 0.25) is 0 Å². The number of aromatic amines is 2. The lowest BCUT2D eigenvalue weighted by Gasteiger charge is -1.97. The van der Waals surface area contributed by atoms with E-state index in [1.807, 2.05) is 35.3 Å². The van der Waals surface area contributed by atoms with E-state index in [1.165, 1.54) is 12.3 Å². The molecular weight excluding hydrogens is 272 g/mol. The van der Waals surface area contributed by atoms with Crippen LogP contribution in [0.25, 0.3) is 6.08 Å². The lowest BCUT2D eigenvalue weighted by atomic mass is 10.2. The average Bonchev–Trinajstić information content (AvgIpc) is 2.92. The van der Waals surface area contributed by atoms with Crippen molar-refractivity contribution in [2.24, 2.45) is 9.98 Å². The Balaban J connectivity index is 2.01. The van der Waals surface area contributed by atoms with Gasteiger partial charge in [-0.1, -0.05) is 30.3 Å². The first-order valence-corrected chi connectivity index (χ1v) is 6.09. The molecule has 1 aliphatic heterocycles. The molecular formula is C14H10N4O3. The second kappa shape index (κ2) is 5.04. The highest BCUT2D eigenvalue weighted by Crippen LogP contribution is 2.15. The van der Waals surface area contributed by atoms with Gasteiger partial charge in [0.05, 0.1) is 11.9 Å². The average molecular weight is 282 g/mol. The van der Waals surface area contributed by atoms with E-state index in [0.717, 1.165) is 5.56 Å². The van der Waals surface area contributed by atoms with E-state index in [1.54, 1.807) is 0 Å². The molecule has 0 fully saturated rings. The number of H-pyrrole nitrogens is 2. The van der Waals surface area contributed by atoms with Crippen LogP contribution in [0.5, 0.6) is 5.88 Å². The molecule has 1 aromatic heterocycles. The van der Waals surface area contributed by atoms with Crippen LogP contribution in [-0.4, -0.2) is 27.1 Å². The third kappa shape index (κ3) is 2.57. The number of aliphatic imine (C=N–C) groups is 2. The molecule has 0 spiro atoms. The fourth-order valence-corrected chi connectivity index (χ4v) is 1.87. The number of nitrogens with zero attached hydrogens (tertiary/aromatic N) is 2. The molecule has 0 bridgehead atoms. The molecule has 0 aliphatic carbocycles. The third-order valence-corrected chi connectivity index (χ3v) is 2.84. The van der Waals surface area contributed by atoms with Crippen molar-refractivity contribution in [3.63, 3.8) is 0 Å². The molecule has 1 aliphatic rings. The minimum absolute atomic E-state index is 0.0749. The van der Waals surface area contributed by atoms with Crippen LogP contribution >= 0.6 is 0 Å². The van der Waals surface area contributed by atoms with E-state index in [0.29, 0.717) is 11.5 Å². The van der Waals surface area contributed by atoms with Crippen LogP contribution < -0.4 is 11.2 Å². The number of aromatic hydroxyl groups is 1. The van der Waals surface area contributed by atoms with Crippen LogP contribution in [0.3, 0.4) is 0 Å². The summed E-state index contributed by atoms with van der Waals surface area (Å²) in [6.45, 7) is 0. The molecule has 1 aromatic carbocycles. The topological polar surface area (TPSA) is 111 Å². The van der Waals surface area contributed by atoms with Crippen molar-refractivity contribution in [1.29, 1.82) is 0 Å². The molecule has 2 aromatic rings. The summed E-state index contributed by atoms with van der Waals surface area (Å²) in [5, 5.41) is 9.60. The van der Waals surface area contributed by atoms with E-state index < -0.39 is 17.1 Å². The summed E-state index contributed by atoms with van der Waals surface area (Å²) in [6, 6.07) is 9.35. The molecule has 7 heteroatoms. The maximum Gasteiger partial charge on any atom is 0.328 e. The second-order valence-corrected chi connectivity index (χ2v) is 4.30. The van der Waals surface area contributed by atoms with Crippen LogP contribution in [0.4, 0.5) is 0 Å². The summed E-state index contributed by atoms with van der Waals surface area (Å²) >= 11 is 0. The predicted octanol–water partition coefficient (Wildman–Crippen LogP) is 0.641. The van der Waals surface area contributed by atoms with Gasteiger partial charge in [0.1, 0.15) is 5.56 Å². The number of hydrogen-bond acceptors (Lipinski definition) is 5. The van der Waals surface area contributed by atoms with Crippen molar-refractivity contribution in [3.8, 4) is 5.88 Å². The number of amidine groups is 1. The standard InChI is InChI=1S/C14H10N4O3/c19-12-10(13(20)18-14(21)17-12)6-9-7-15-11(16-9)8-4-2-1-3-5-8/h1-7H,(H3,17,18,19,20,21)/b9-6+. The second-order valence-electron chi connectivity index (χ2n) is 4.30. The molecule has 0 saturated carbocycles. The molecule has 0 atom stereocenters. The zero-order chi connectivity index (χ0) is 14.8. The van der Waals surface area contributed by atoms with Gasteiger partial charge in [0, 0.05) is 5.56 Å². The zero-order valence-electron chi connectivity index (χ0n) is 10.7. The number of hydrogen-bond donors (Lipinski definition) is 3. The van der Waals surface area contributed by atoms with Gasteiger partial charge in [0.25, 0.3) is 5.56 Å². The quantitative estimate of drug-likeness (QED) is 0.751. The van der Waals surface area contributed by atoms with E-state index in [9.17, 15) is 14.7 Å². The van der Waals surface area contributed by atoms with Crippen LogP contribution in [-0.2, 0) is 0 Å². The van der Waals surface area contributed by atoms with Gasteiger partial charge in [-0.15, -0.1) is 0 Å². The Morgan fingerprint density at radius 2 is 1.86 bits per heavy atom. The molecule has 0 unspecified atom stereocenters. The Morgan fingerprint density at radius 1 is 1.10 bits per heavy atom. The number of nitrogens with one attached hydrogen (secondary N) is 2. The largest absolute Gasteiger partial charge is 0.494 e. The Labute approximate surface area is 118 Å². The lowest BCUT2D eigenvalue weighted by Crippen LogP contribution is -2.23. The summed E-state index contributed by atoms with van der Waals surface area (Å²) in [6.07, 6.45) is 2.83. The highest BCUT2D eigenvalue weighted by Gasteiger charge is 2.11. The van der Waals surface area contributed by atoms with Crippen molar-refractivity contribution in [2.45, 2.75) is 0 Å². The highest BCUT2D eigenvalue weighted by molar-refractivity contribution is 6.11. The van der Waals surface area contributed by atoms with Gasteiger partial charge < -0.3 is 5.11 Å². The van der Waals surface area contributed by atoms with Gasteiger partial charge in [-0.2, -0.15) is 0 Å². The van der Waals surface area contributed by atoms with Crippen LogP contribution in [0.15, 0.2) is 55.6 Å². The Bertz CT molecular complexity index is 888. The Morgan fingerprint density at radius 3 is 2.57 bits per heavy atom. The number of benzene rings is 1. The fourth-order valence-electron chi connectivity index (χ4n) is 1.87. The van der Waals surface area contributed by atoms with Gasteiger partial charge in [-0.25, -0.2) is 14.8 Å². The molecule has 0 radical (unpaired) electrons. The first-order valence-electron chi connectivity index (χ1n) is 6.09. The number of allylic oxidation sites excluding steroid dienone is 1. The van der Waals surface area contributed by atoms with Gasteiger partial charge in [-0.3, -0.25) is 14.8 Å². The van der Waals surface area contributed by atoms with Crippen molar-refractivity contribution in [3.05, 3.63) is 68.0 Å². The van der Waals surface area contributed by atoms with Gasteiger partial charge in [0.2, 0.25) is 5.88 Å². The van der Waals surface area contributed by atoms with Gasteiger partial charge in [0.15, 0.2) is 5.84 Å². The molecule has 0 amide bonds. The summed E-state index contributed by atoms with van der Waals surface area (Å²) in [5.74, 6) is 0.00945. The minimum Gasteiger partial charge on any atom is -0.494 e. The van der Waals surface area contributed by atoms with Crippen molar-refractivity contribution >= 4 is 18.1 Å². The zero-order valence-corrected chi connectivity index (χ0v) is 10.7. The third-order valence-electron chi connectivity index (χ3n) is 2.84. The SMILES string of the molecule is O=c1[nH]c(O)c(/C=C2\C=NC(c3ccccc3)=N2)c(=O)[nH]1. The minimum atomic E-state index is -0.770. The molecule has 3 rings (SSSR count). The molecule has 7 nitrogen and oxygen atoms in total. The van der Waals surface area contributed by atoms with Crippen LogP contribution in [0.1, 0.15) is 11.1 Å². The summed E-state index contributed by atoms with van der Waals surface area (Å²) < 4.78 is 0. The Hall–Kier alpha value is -3.22. The first kappa shape index (κ1) is 12.8. The predicted molar refractivity (Wildman–Crippen MR) is 78.8 cm³/mol. The number of rotatable bonds is 2. The van der Waals surface area contributed by atoms with E-state index in [2.05, 4.69) is 15.0 Å². The summed E-state index contributed by atoms with van der Waals surface area (Å²) in [5.41, 5.74) is -0.290. The summed E-state index contributed by atoms with van der Waals surface area (Å²) in [7, 11) is 0. The van der Waals surface area contributed by atoms with E-state index in [-0.39, 0.29) is 5.56 Å². The van der Waals surface area contributed by atoms with Crippen LogP contribution in [0, 0.1) is 0 Å². The summed E-state index contributed by atoms with van der Waals surface area (Å²) in [4.78, 5) is 35.2. The van der Waals surface area contributed by atoms with E-state index in [4.69, 9.17) is 0 Å². The van der Waals surface area contributed by atoms with Crippen molar-refractivity contribution in [1.82, 2.24) is 9.97 Å². The first-order chi connectivity index (χ1) is 10.1. The molecule has 0 saturated heterocycles. The Kier molecular flexibility index (Phi) is 3.07. The number of aromatic nitrogens is 2. The molecule has 21 heavy (non-hydrogen) atoms. The van der Waals surface area contributed by atoms with Gasteiger partial charge >= 0.3 is 5.69 Å². The molecule has 2 heterocycles. The normalized spacial score (nSPS) is 15.4. The van der Waals surface area contributed by atoms with Gasteiger partial charge in [-0.05, 0) is 6.08 Å². The van der Waals surface area contributed by atoms with Crippen molar-refractivity contribution in [2.75, 3.05) is 0 Å². The monoisotopic (exact) mass is 282 g/mol. The fraction of sp³-hybridized carbons (Fsp3) is 0.